The van der Waals surface area contributed by atoms with Gasteiger partial charge in [0.2, 0.25) is 10.0 Å². The highest BCUT2D eigenvalue weighted by atomic mass is 32.2. The summed E-state index contributed by atoms with van der Waals surface area (Å²) in [5.41, 5.74) is 0.628. The van der Waals surface area contributed by atoms with Crippen LogP contribution in [-0.2, 0) is 16.6 Å². The Morgan fingerprint density at radius 1 is 1.16 bits per heavy atom. The molecule has 1 heterocycles. The highest BCUT2D eigenvalue weighted by Gasteiger charge is 2.17. The third-order valence-corrected chi connectivity index (χ3v) is 4.90. The standard InChI is InChI=1S/C13H16N2O2S2/c1-2-14-12-7-3-4-8-13(12)19(16,17)15-10-11-6-5-9-18-11/h3-9,14-15H,2,10H2,1H3. The van der Waals surface area contributed by atoms with E-state index >= 15 is 0 Å². The monoisotopic (exact) mass is 296 g/mol. The number of anilines is 1. The van der Waals surface area contributed by atoms with Gasteiger partial charge in [0.15, 0.2) is 0 Å². The first-order valence-electron chi connectivity index (χ1n) is 5.98. The summed E-state index contributed by atoms with van der Waals surface area (Å²) in [5.74, 6) is 0. The fourth-order valence-electron chi connectivity index (χ4n) is 1.69. The van der Waals surface area contributed by atoms with E-state index in [1.165, 1.54) is 11.3 Å². The molecule has 0 saturated carbocycles. The summed E-state index contributed by atoms with van der Waals surface area (Å²) in [7, 11) is -3.50. The van der Waals surface area contributed by atoms with Gasteiger partial charge in [-0.3, -0.25) is 0 Å². The molecular weight excluding hydrogens is 280 g/mol. The third kappa shape index (κ3) is 3.56. The van der Waals surface area contributed by atoms with Gasteiger partial charge in [0.25, 0.3) is 0 Å². The molecule has 0 fully saturated rings. The van der Waals surface area contributed by atoms with Crippen molar-refractivity contribution in [3.63, 3.8) is 0 Å². The van der Waals surface area contributed by atoms with E-state index in [1.807, 2.05) is 30.5 Å². The van der Waals surface area contributed by atoms with Crippen LogP contribution < -0.4 is 10.0 Å². The normalized spacial score (nSPS) is 11.4. The Morgan fingerprint density at radius 3 is 2.63 bits per heavy atom. The summed E-state index contributed by atoms with van der Waals surface area (Å²) in [6, 6.07) is 10.7. The number of rotatable bonds is 6. The molecule has 0 radical (unpaired) electrons. The summed E-state index contributed by atoms with van der Waals surface area (Å²) in [6.07, 6.45) is 0. The Bertz CT molecular complexity index is 622. The van der Waals surface area contributed by atoms with Crippen LogP contribution in [-0.4, -0.2) is 15.0 Å². The molecule has 0 unspecified atom stereocenters. The first-order chi connectivity index (χ1) is 9.13. The molecule has 102 valence electrons. The Morgan fingerprint density at radius 2 is 1.95 bits per heavy atom. The van der Waals surface area contributed by atoms with Crippen LogP contribution in [0, 0.1) is 0 Å². The van der Waals surface area contributed by atoms with Crippen molar-refractivity contribution >= 4 is 27.0 Å². The average Bonchev–Trinajstić information content (AvgIpc) is 2.91. The van der Waals surface area contributed by atoms with Gasteiger partial charge in [0.1, 0.15) is 4.90 Å². The number of hydrogen-bond donors (Lipinski definition) is 2. The quantitative estimate of drug-likeness (QED) is 0.861. The Kier molecular flexibility index (Phi) is 4.57. The zero-order valence-electron chi connectivity index (χ0n) is 10.6. The van der Waals surface area contributed by atoms with Crippen molar-refractivity contribution in [3.05, 3.63) is 46.7 Å². The summed E-state index contributed by atoms with van der Waals surface area (Å²) in [4.78, 5) is 1.28. The fraction of sp³-hybridized carbons (Fsp3) is 0.231. The molecule has 0 atom stereocenters. The molecule has 0 aliphatic heterocycles. The molecule has 1 aromatic carbocycles. The summed E-state index contributed by atoms with van der Waals surface area (Å²) in [5, 5.41) is 4.99. The maximum Gasteiger partial charge on any atom is 0.242 e. The van der Waals surface area contributed by atoms with Crippen LogP contribution in [0.3, 0.4) is 0 Å². The van der Waals surface area contributed by atoms with Crippen LogP contribution in [0.5, 0.6) is 0 Å². The van der Waals surface area contributed by atoms with Gasteiger partial charge in [-0.1, -0.05) is 18.2 Å². The lowest BCUT2D eigenvalue weighted by molar-refractivity contribution is 0.582. The Hall–Kier alpha value is -1.37. The summed E-state index contributed by atoms with van der Waals surface area (Å²) < 4.78 is 27.2. The van der Waals surface area contributed by atoms with E-state index in [2.05, 4.69) is 10.0 Å². The zero-order valence-corrected chi connectivity index (χ0v) is 12.2. The van der Waals surface area contributed by atoms with E-state index in [1.54, 1.807) is 18.2 Å². The van der Waals surface area contributed by atoms with Gasteiger partial charge < -0.3 is 5.32 Å². The second kappa shape index (κ2) is 6.18. The first-order valence-corrected chi connectivity index (χ1v) is 8.34. The second-order valence-corrected chi connectivity index (χ2v) is 6.70. The van der Waals surface area contributed by atoms with Crippen molar-refractivity contribution in [3.8, 4) is 0 Å². The van der Waals surface area contributed by atoms with Gasteiger partial charge >= 0.3 is 0 Å². The molecule has 0 saturated heterocycles. The number of sulfonamides is 1. The number of thiophene rings is 1. The number of para-hydroxylation sites is 1. The van der Waals surface area contributed by atoms with E-state index in [0.717, 1.165) is 4.88 Å². The molecular formula is C13H16N2O2S2. The van der Waals surface area contributed by atoms with Crippen LogP contribution in [0.1, 0.15) is 11.8 Å². The lowest BCUT2D eigenvalue weighted by atomic mass is 10.3. The maximum atomic E-state index is 12.3. The topological polar surface area (TPSA) is 58.2 Å². The minimum absolute atomic E-state index is 0.286. The van der Waals surface area contributed by atoms with Crippen LogP contribution in [0.2, 0.25) is 0 Å². The molecule has 4 nitrogen and oxygen atoms in total. The van der Waals surface area contributed by atoms with Crippen molar-refractivity contribution in [2.45, 2.75) is 18.4 Å². The fourth-order valence-corrected chi connectivity index (χ4v) is 3.62. The van der Waals surface area contributed by atoms with Crippen LogP contribution >= 0.6 is 11.3 Å². The number of nitrogens with one attached hydrogen (secondary N) is 2. The highest BCUT2D eigenvalue weighted by Crippen LogP contribution is 2.21. The predicted octanol–water partition coefficient (Wildman–Crippen LogP) is 2.66. The van der Waals surface area contributed by atoms with Crippen LogP contribution in [0.25, 0.3) is 0 Å². The minimum Gasteiger partial charge on any atom is -0.384 e. The maximum absolute atomic E-state index is 12.3. The lowest BCUT2D eigenvalue weighted by Gasteiger charge is -2.11. The Balaban J connectivity index is 2.19. The third-order valence-electron chi connectivity index (χ3n) is 2.56. The predicted molar refractivity (Wildman–Crippen MR) is 79.0 cm³/mol. The molecule has 0 spiro atoms. The smallest absolute Gasteiger partial charge is 0.242 e. The second-order valence-electron chi connectivity index (χ2n) is 3.93. The number of hydrogen-bond acceptors (Lipinski definition) is 4. The minimum atomic E-state index is -3.50. The summed E-state index contributed by atoms with van der Waals surface area (Å²) >= 11 is 1.53. The van der Waals surface area contributed by atoms with Gasteiger partial charge in [-0.2, -0.15) is 0 Å². The molecule has 0 aliphatic carbocycles. The van der Waals surface area contributed by atoms with Crippen molar-refractivity contribution in [2.75, 3.05) is 11.9 Å². The van der Waals surface area contributed by atoms with E-state index in [0.29, 0.717) is 18.8 Å². The van der Waals surface area contributed by atoms with Gasteiger partial charge in [-0.15, -0.1) is 11.3 Å². The Labute approximate surface area is 117 Å². The summed E-state index contributed by atoms with van der Waals surface area (Å²) in [6.45, 7) is 2.93. The largest absolute Gasteiger partial charge is 0.384 e. The average molecular weight is 296 g/mol. The zero-order chi connectivity index (χ0) is 13.7. The van der Waals surface area contributed by atoms with Crippen molar-refractivity contribution in [2.24, 2.45) is 0 Å². The molecule has 19 heavy (non-hydrogen) atoms. The highest BCUT2D eigenvalue weighted by molar-refractivity contribution is 7.89. The van der Waals surface area contributed by atoms with Crippen molar-refractivity contribution < 1.29 is 8.42 Å². The first kappa shape index (κ1) is 14.0. The van der Waals surface area contributed by atoms with Gasteiger partial charge in [0.05, 0.1) is 5.69 Å². The molecule has 2 rings (SSSR count). The van der Waals surface area contributed by atoms with Crippen molar-refractivity contribution in [1.29, 1.82) is 0 Å². The van der Waals surface area contributed by atoms with E-state index in [-0.39, 0.29) is 4.90 Å². The van der Waals surface area contributed by atoms with Gasteiger partial charge in [-0.05, 0) is 30.5 Å². The molecule has 6 heteroatoms. The molecule has 1 aromatic heterocycles. The number of benzene rings is 1. The van der Waals surface area contributed by atoms with E-state index in [4.69, 9.17) is 0 Å². The van der Waals surface area contributed by atoms with Crippen molar-refractivity contribution in [1.82, 2.24) is 4.72 Å². The van der Waals surface area contributed by atoms with Gasteiger partial charge in [0, 0.05) is 18.0 Å². The van der Waals surface area contributed by atoms with Gasteiger partial charge in [-0.25, -0.2) is 13.1 Å². The van der Waals surface area contributed by atoms with E-state index in [9.17, 15) is 8.42 Å². The molecule has 0 amide bonds. The van der Waals surface area contributed by atoms with E-state index < -0.39 is 10.0 Å². The SMILES string of the molecule is CCNc1ccccc1S(=O)(=O)NCc1cccs1. The van der Waals surface area contributed by atoms with Crippen LogP contribution in [0.15, 0.2) is 46.7 Å². The molecule has 2 aromatic rings. The molecule has 2 N–H and O–H groups in total. The van der Waals surface area contributed by atoms with Crippen LogP contribution in [0.4, 0.5) is 5.69 Å². The lowest BCUT2D eigenvalue weighted by Crippen LogP contribution is -2.23. The molecule has 0 aliphatic rings. The molecule has 0 bridgehead atoms.